The first-order chi connectivity index (χ1) is 21.7. The number of carbonyl (C=O) groups is 1. The molecule has 0 radical (unpaired) electrons. The fourth-order valence-corrected chi connectivity index (χ4v) is 6.61. The van der Waals surface area contributed by atoms with Gasteiger partial charge in [0.1, 0.15) is 5.69 Å². The molecule has 1 saturated carbocycles. The molecule has 2 aliphatic rings. The van der Waals surface area contributed by atoms with Gasteiger partial charge in [-0.15, -0.1) is 0 Å². The van der Waals surface area contributed by atoms with Crippen LogP contribution < -0.4 is 15.5 Å². The molecule has 0 atom stereocenters. The first kappa shape index (κ1) is 31.1. The van der Waals surface area contributed by atoms with Crippen molar-refractivity contribution in [2.75, 3.05) is 50.5 Å². The number of carbonyl (C=O) groups excluding carboxylic acids is 1. The lowest BCUT2D eigenvalue weighted by atomic mass is 9.93. The molecule has 45 heavy (non-hydrogen) atoms. The molecule has 12 heteroatoms. The van der Waals surface area contributed by atoms with E-state index in [9.17, 15) is 9.90 Å². The Kier molecular flexibility index (Phi) is 9.16. The van der Waals surface area contributed by atoms with Gasteiger partial charge in [0.2, 0.25) is 5.95 Å². The van der Waals surface area contributed by atoms with Gasteiger partial charge in [0.15, 0.2) is 5.82 Å². The van der Waals surface area contributed by atoms with Gasteiger partial charge in [-0.3, -0.25) is 14.8 Å². The molecular weight excluding hydrogens is 573 g/mol. The maximum Gasteiger partial charge on any atom is 0.261 e. The number of benzene rings is 1. The third-order valence-corrected chi connectivity index (χ3v) is 9.09. The van der Waals surface area contributed by atoms with E-state index in [-0.39, 0.29) is 23.4 Å². The van der Waals surface area contributed by atoms with Crippen molar-refractivity contribution in [2.24, 2.45) is 7.05 Å². The maximum atomic E-state index is 15.8. The summed E-state index contributed by atoms with van der Waals surface area (Å²) in [6.45, 7) is 5.66. The Hall–Kier alpha value is -3.87. The van der Waals surface area contributed by atoms with E-state index in [1.807, 2.05) is 6.07 Å². The predicted molar refractivity (Wildman–Crippen MR) is 174 cm³/mol. The van der Waals surface area contributed by atoms with Crippen LogP contribution in [0.4, 0.5) is 16.0 Å². The smallest absolute Gasteiger partial charge is 0.261 e. The predicted octanol–water partition coefficient (Wildman–Crippen LogP) is 4.13. The average molecular weight is 618 g/mol. The normalized spacial score (nSPS) is 19.5. The summed E-state index contributed by atoms with van der Waals surface area (Å²) in [6, 6.07) is 8.30. The SMILES string of the molecule is Cc1cc(C(=O)Nc2nc3ccc(N4CCC(NCCN(C)C)CC4)cc3n2C2CCC(O)CC2)c(F)c(-c2cnn(C)c2)n1. The van der Waals surface area contributed by atoms with Gasteiger partial charge < -0.3 is 24.8 Å². The first-order valence-corrected chi connectivity index (χ1v) is 16.0. The number of rotatable bonds is 9. The quantitative estimate of drug-likeness (QED) is 0.257. The molecule has 11 nitrogen and oxygen atoms in total. The van der Waals surface area contributed by atoms with E-state index in [1.165, 1.54) is 12.3 Å². The highest BCUT2D eigenvalue weighted by Crippen LogP contribution is 2.36. The molecule has 0 spiro atoms. The van der Waals surface area contributed by atoms with Crippen LogP contribution in [0.1, 0.15) is 60.6 Å². The molecule has 4 heterocycles. The number of aliphatic hydroxyl groups excluding tert-OH is 1. The monoisotopic (exact) mass is 617 g/mol. The fraction of sp³-hybridized carbons (Fsp3) is 0.515. The van der Waals surface area contributed by atoms with Gasteiger partial charge in [-0.25, -0.2) is 14.4 Å². The Bertz CT molecular complexity index is 1650. The molecular formula is C33H44FN9O2. The van der Waals surface area contributed by atoms with E-state index >= 15 is 4.39 Å². The Labute approximate surface area is 263 Å². The number of hydrogen-bond donors (Lipinski definition) is 3. The number of fused-ring (bicyclic) bond motifs is 1. The molecule has 1 aromatic carbocycles. The first-order valence-electron chi connectivity index (χ1n) is 16.0. The molecule has 6 rings (SSSR count). The van der Waals surface area contributed by atoms with Crippen molar-refractivity contribution in [1.82, 2.24) is 34.5 Å². The number of aromatic nitrogens is 5. The number of piperidine rings is 1. The summed E-state index contributed by atoms with van der Waals surface area (Å²) in [5.74, 6) is -0.898. The van der Waals surface area contributed by atoms with Crippen LogP contribution in [0.15, 0.2) is 36.7 Å². The van der Waals surface area contributed by atoms with Gasteiger partial charge in [-0.05, 0) is 83.8 Å². The Morgan fingerprint density at radius 3 is 2.53 bits per heavy atom. The second kappa shape index (κ2) is 13.2. The van der Waals surface area contributed by atoms with Crippen molar-refractivity contribution in [3.05, 3.63) is 53.7 Å². The topological polar surface area (TPSA) is 116 Å². The number of aryl methyl sites for hydroxylation is 2. The average Bonchev–Trinajstić information content (AvgIpc) is 3.61. The number of nitrogens with one attached hydrogen (secondary N) is 2. The third kappa shape index (κ3) is 6.87. The van der Waals surface area contributed by atoms with Crippen LogP contribution >= 0.6 is 0 Å². The largest absolute Gasteiger partial charge is 0.393 e. The summed E-state index contributed by atoms with van der Waals surface area (Å²) in [6.07, 6.45) is 7.91. The summed E-state index contributed by atoms with van der Waals surface area (Å²) in [4.78, 5) is 27.5. The summed E-state index contributed by atoms with van der Waals surface area (Å²) < 4.78 is 19.4. The fourth-order valence-electron chi connectivity index (χ4n) is 6.61. The van der Waals surface area contributed by atoms with Crippen LogP contribution in [0.25, 0.3) is 22.3 Å². The number of halogens is 1. The number of anilines is 2. The van der Waals surface area contributed by atoms with Gasteiger partial charge >= 0.3 is 0 Å². The van der Waals surface area contributed by atoms with E-state index in [0.717, 1.165) is 68.6 Å². The van der Waals surface area contributed by atoms with Crippen LogP contribution in [0.5, 0.6) is 0 Å². The lowest BCUT2D eigenvalue weighted by Gasteiger charge is -2.34. The Balaban J connectivity index is 1.28. The Morgan fingerprint density at radius 2 is 1.84 bits per heavy atom. The van der Waals surface area contributed by atoms with Crippen molar-refractivity contribution in [1.29, 1.82) is 0 Å². The van der Waals surface area contributed by atoms with Gasteiger partial charge in [0, 0.05) is 68.5 Å². The van der Waals surface area contributed by atoms with Crippen molar-refractivity contribution >= 4 is 28.6 Å². The van der Waals surface area contributed by atoms with Crippen LogP contribution in [0.2, 0.25) is 0 Å². The van der Waals surface area contributed by atoms with Gasteiger partial charge in [0.05, 0.1) is 28.9 Å². The lowest BCUT2D eigenvalue weighted by Crippen LogP contribution is -2.44. The highest BCUT2D eigenvalue weighted by Gasteiger charge is 2.28. The number of nitrogens with zero attached hydrogens (tertiary/aromatic N) is 7. The standard InChI is InChI=1S/C33H44FN9O2/c1-21-17-27(30(34)31(37-21)22-19-36-41(4)20-22)32(45)39-33-38-28-10-7-25(18-29(28)43(33)24-5-8-26(44)9-6-24)42-14-11-23(12-15-42)35-13-16-40(2)3/h7,10,17-20,23-24,26,35,44H,5-6,8-9,11-16H2,1-4H3,(H,38,39,45). The summed E-state index contributed by atoms with van der Waals surface area (Å²) >= 11 is 0. The second-order valence-electron chi connectivity index (χ2n) is 12.8. The molecule has 1 amide bonds. The zero-order chi connectivity index (χ0) is 31.7. The van der Waals surface area contributed by atoms with Crippen LogP contribution in [-0.4, -0.2) is 92.6 Å². The number of amides is 1. The lowest BCUT2D eigenvalue weighted by molar-refractivity contribution is 0.101. The molecule has 0 unspecified atom stereocenters. The molecule has 3 aromatic heterocycles. The molecule has 1 aliphatic heterocycles. The molecule has 240 valence electrons. The van der Waals surface area contributed by atoms with Gasteiger partial charge in [-0.2, -0.15) is 5.10 Å². The van der Waals surface area contributed by atoms with Crippen LogP contribution in [-0.2, 0) is 7.05 Å². The van der Waals surface area contributed by atoms with Gasteiger partial charge in [-0.1, -0.05) is 0 Å². The van der Waals surface area contributed by atoms with Crippen molar-refractivity contribution in [3.8, 4) is 11.3 Å². The molecule has 2 fully saturated rings. The highest BCUT2D eigenvalue weighted by molar-refractivity contribution is 6.05. The van der Waals surface area contributed by atoms with Crippen molar-refractivity contribution < 1.29 is 14.3 Å². The number of imidazole rings is 1. The number of hydrogen-bond acceptors (Lipinski definition) is 8. The minimum absolute atomic E-state index is 0.0468. The van der Waals surface area contributed by atoms with E-state index in [0.29, 0.717) is 36.1 Å². The summed E-state index contributed by atoms with van der Waals surface area (Å²) in [5.41, 5.74) is 3.84. The minimum Gasteiger partial charge on any atom is -0.393 e. The molecule has 0 bridgehead atoms. The molecule has 3 N–H and O–H groups in total. The number of likely N-dealkylation sites (N-methyl/N-ethyl adjacent to an activating group) is 1. The Morgan fingerprint density at radius 1 is 1.09 bits per heavy atom. The highest BCUT2D eigenvalue weighted by atomic mass is 19.1. The van der Waals surface area contributed by atoms with Crippen LogP contribution in [0, 0.1) is 12.7 Å². The van der Waals surface area contributed by atoms with Crippen molar-refractivity contribution in [3.63, 3.8) is 0 Å². The third-order valence-electron chi connectivity index (χ3n) is 9.09. The summed E-state index contributed by atoms with van der Waals surface area (Å²) in [5, 5.41) is 21.0. The zero-order valence-electron chi connectivity index (χ0n) is 26.6. The number of pyridine rings is 1. The molecule has 1 saturated heterocycles. The van der Waals surface area contributed by atoms with E-state index in [1.54, 1.807) is 24.9 Å². The molecule has 4 aromatic rings. The molecule has 1 aliphatic carbocycles. The van der Waals surface area contributed by atoms with Crippen LogP contribution in [0.3, 0.4) is 0 Å². The summed E-state index contributed by atoms with van der Waals surface area (Å²) in [7, 11) is 5.93. The van der Waals surface area contributed by atoms with E-state index < -0.39 is 11.7 Å². The van der Waals surface area contributed by atoms with E-state index in [2.05, 4.69) is 61.3 Å². The number of aliphatic hydroxyl groups is 1. The second-order valence-corrected chi connectivity index (χ2v) is 12.8. The minimum atomic E-state index is -0.698. The van der Waals surface area contributed by atoms with Crippen molar-refractivity contribution in [2.45, 2.75) is 63.6 Å². The van der Waals surface area contributed by atoms with E-state index in [4.69, 9.17) is 4.98 Å². The maximum absolute atomic E-state index is 15.8. The van der Waals surface area contributed by atoms with Gasteiger partial charge in [0.25, 0.3) is 5.91 Å². The zero-order valence-corrected chi connectivity index (χ0v) is 26.6.